The number of para-hydroxylation sites is 1. The lowest BCUT2D eigenvalue weighted by Gasteiger charge is -2.46. The maximum atomic E-state index is 11.7. The summed E-state index contributed by atoms with van der Waals surface area (Å²) in [6.07, 6.45) is 0. The molecule has 1 atom stereocenters. The number of carbonyl (C=O) groups is 1. The van der Waals surface area contributed by atoms with Crippen LogP contribution in [0, 0.1) is 5.41 Å². The first kappa shape index (κ1) is 13.8. The van der Waals surface area contributed by atoms with Crippen LogP contribution in [0.5, 0.6) is 5.75 Å². The Morgan fingerprint density at radius 3 is 2.47 bits per heavy atom. The Hall–Kier alpha value is -1.59. The maximum absolute atomic E-state index is 11.7. The Morgan fingerprint density at radius 2 is 2.05 bits per heavy atom. The molecule has 1 aromatic carbocycles. The van der Waals surface area contributed by atoms with Crippen molar-refractivity contribution in [2.24, 2.45) is 5.41 Å². The number of aliphatic carboxylic acids is 1. The average Bonchev–Trinajstić information content (AvgIpc) is 2.32. The van der Waals surface area contributed by atoms with E-state index in [0.29, 0.717) is 5.75 Å². The highest BCUT2D eigenvalue weighted by Gasteiger charge is 2.54. The van der Waals surface area contributed by atoms with Crippen LogP contribution in [-0.2, 0) is 9.53 Å². The zero-order valence-corrected chi connectivity index (χ0v) is 11.4. The number of nitrogens with zero attached hydrogens (tertiary/aromatic N) is 1. The Bertz CT molecular complexity index is 468. The van der Waals surface area contributed by atoms with Gasteiger partial charge in [-0.3, -0.25) is 4.79 Å². The van der Waals surface area contributed by atoms with E-state index in [1.165, 1.54) is 0 Å². The van der Waals surface area contributed by atoms with Crippen molar-refractivity contribution in [3.05, 3.63) is 29.8 Å². The van der Waals surface area contributed by atoms with E-state index in [1.807, 2.05) is 43.3 Å². The Morgan fingerprint density at radius 1 is 1.42 bits per heavy atom. The van der Waals surface area contributed by atoms with Gasteiger partial charge in [0.05, 0.1) is 26.4 Å². The predicted octanol–water partition coefficient (Wildman–Crippen LogP) is 1.40. The van der Waals surface area contributed by atoms with Gasteiger partial charge in [0.15, 0.2) is 0 Å². The van der Waals surface area contributed by atoms with Crippen molar-refractivity contribution >= 4 is 5.97 Å². The van der Waals surface area contributed by atoms with Crippen LogP contribution in [0.2, 0.25) is 0 Å². The second kappa shape index (κ2) is 5.19. The Kier molecular flexibility index (Phi) is 3.78. The van der Waals surface area contributed by atoms with Gasteiger partial charge in [-0.05, 0) is 20.2 Å². The van der Waals surface area contributed by atoms with E-state index in [9.17, 15) is 9.90 Å². The highest BCUT2D eigenvalue weighted by molar-refractivity contribution is 5.77. The second-order valence-electron chi connectivity index (χ2n) is 5.06. The molecule has 5 nitrogen and oxygen atoms in total. The molecule has 1 aliphatic heterocycles. The van der Waals surface area contributed by atoms with E-state index in [0.717, 1.165) is 5.56 Å². The minimum Gasteiger partial charge on any atom is -0.496 e. The number of hydrogen-bond acceptors (Lipinski definition) is 4. The first-order valence-corrected chi connectivity index (χ1v) is 6.13. The van der Waals surface area contributed by atoms with Crippen LogP contribution in [-0.4, -0.2) is 50.4 Å². The molecule has 1 heterocycles. The zero-order chi connectivity index (χ0) is 14.0. The zero-order valence-electron chi connectivity index (χ0n) is 11.4. The minimum absolute atomic E-state index is 0.225. The lowest BCUT2D eigenvalue weighted by atomic mass is 9.74. The maximum Gasteiger partial charge on any atom is 0.316 e. The van der Waals surface area contributed by atoms with Crippen molar-refractivity contribution < 1.29 is 19.4 Å². The molecule has 0 amide bonds. The monoisotopic (exact) mass is 265 g/mol. The summed E-state index contributed by atoms with van der Waals surface area (Å²) in [6, 6.07) is 7.24. The van der Waals surface area contributed by atoms with Crippen LogP contribution in [0.3, 0.4) is 0 Å². The summed E-state index contributed by atoms with van der Waals surface area (Å²) in [5.74, 6) is -0.128. The SMILES string of the molecule is COc1ccccc1C(N(C)C)C1(C(=O)O)COC1. The third-order valence-corrected chi connectivity index (χ3v) is 3.62. The van der Waals surface area contributed by atoms with E-state index in [4.69, 9.17) is 9.47 Å². The molecular formula is C14H19NO4. The van der Waals surface area contributed by atoms with Gasteiger partial charge in [-0.25, -0.2) is 0 Å². The van der Waals surface area contributed by atoms with Gasteiger partial charge < -0.3 is 19.5 Å². The van der Waals surface area contributed by atoms with Crippen molar-refractivity contribution in [2.75, 3.05) is 34.4 Å². The first-order valence-electron chi connectivity index (χ1n) is 6.13. The van der Waals surface area contributed by atoms with E-state index < -0.39 is 11.4 Å². The van der Waals surface area contributed by atoms with E-state index >= 15 is 0 Å². The van der Waals surface area contributed by atoms with E-state index in [1.54, 1.807) is 7.11 Å². The topological polar surface area (TPSA) is 59.0 Å². The largest absolute Gasteiger partial charge is 0.496 e. The summed E-state index contributed by atoms with van der Waals surface area (Å²) in [5.41, 5.74) is -0.0290. The molecule has 1 aromatic rings. The molecule has 104 valence electrons. The van der Waals surface area contributed by atoms with Crippen molar-refractivity contribution in [3.63, 3.8) is 0 Å². The fourth-order valence-corrected chi connectivity index (χ4v) is 2.68. The van der Waals surface area contributed by atoms with Crippen molar-refractivity contribution in [3.8, 4) is 5.75 Å². The Labute approximate surface area is 112 Å². The Balaban J connectivity index is 2.49. The van der Waals surface area contributed by atoms with Crippen molar-refractivity contribution in [1.82, 2.24) is 4.90 Å². The van der Waals surface area contributed by atoms with Crippen LogP contribution < -0.4 is 4.74 Å². The molecule has 0 bridgehead atoms. The molecule has 1 fully saturated rings. The quantitative estimate of drug-likeness (QED) is 0.872. The number of hydrogen-bond donors (Lipinski definition) is 1. The van der Waals surface area contributed by atoms with Gasteiger partial charge in [-0.1, -0.05) is 18.2 Å². The minimum atomic E-state index is -0.905. The smallest absolute Gasteiger partial charge is 0.316 e. The number of carboxylic acids is 1. The summed E-state index contributed by atoms with van der Waals surface area (Å²) < 4.78 is 10.5. The first-order chi connectivity index (χ1) is 9.03. The predicted molar refractivity (Wildman–Crippen MR) is 70.3 cm³/mol. The second-order valence-corrected chi connectivity index (χ2v) is 5.06. The van der Waals surface area contributed by atoms with Crippen molar-refractivity contribution in [1.29, 1.82) is 0 Å². The molecule has 0 aromatic heterocycles. The van der Waals surface area contributed by atoms with Crippen LogP contribution in [0.4, 0.5) is 0 Å². The summed E-state index contributed by atoms with van der Waals surface area (Å²) in [4.78, 5) is 13.6. The highest BCUT2D eigenvalue weighted by atomic mass is 16.5. The van der Waals surface area contributed by atoms with Crippen molar-refractivity contribution in [2.45, 2.75) is 6.04 Å². The lowest BCUT2D eigenvalue weighted by molar-refractivity contribution is -0.194. The molecule has 1 aliphatic rings. The van der Waals surface area contributed by atoms with E-state index in [-0.39, 0.29) is 19.3 Å². The van der Waals surface area contributed by atoms with Crippen LogP contribution in [0.1, 0.15) is 11.6 Å². The highest BCUT2D eigenvalue weighted by Crippen LogP contribution is 2.46. The normalized spacial score (nSPS) is 18.7. The number of carboxylic acid groups (broad SMARTS) is 1. The van der Waals surface area contributed by atoms with Crippen LogP contribution in [0.25, 0.3) is 0 Å². The third kappa shape index (κ3) is 2.19. The fraction of sp³-hybridized carbons (Fsp3) is 0.500. The van der Waals surface area contributed by atoms with Gasteiger partial charge >= 0.3 is 5.97 Å². The van der Waals surface area contributed by atoms with Crippen LogP contribution in [0.15, 0.2) is 24.3 Å². The lowest BCUT2D eigenvalue weighted by Crippen LogP contribution is -2.56. The van der Waals surface area contributed by atoms with Gasteiger partial charge in [-0.15, -0.1) is 0 Å². The molecule has 5 heteroatoms. The standard InChI is InChI=1S/C14H19NO4/c1-15(2)12(14(13(16)17)8-19-9-14)10-6-4-5-7-11(10)18-3/h4-7,12H,8-9H2,1-3H3,(H,16,17). The molecule has 1 unspecified atom stereocenters. The summed E-state index contributed by atoms with van der Waals surface area (Å²) in [6.45, 7) is 0.451. The molecule has 0 aliphatic carbocycles. The molecular weight excluding hydrogens is 246 g/mol. The average molecular weight is 265 g/mol. The molecule has 0 spiro atoms. The summed E-state index contributed by atoms with van der Waals surface area (Å²) in [7, 11) is 5.34. The molecule has 1 N–H and O–H groups in total. The number of benzene rings is 1. The molecule has 2 rings (SSSR count). The molecule has 19 heavy (non-hydrogen) atoms. The number of ether oxygens (including phenoxy) is 2. The number of rotatable bonds is 5. The van der Waals surface area contributed by atoms with E-state index in [2.05, 4.69) is 0 Å². The summed E-state index contributed by atoms with van der Waals surface area (Å²) in [5, 5.41) is 9.58. The molecule has 0 saturated carbocycles. The molecule has 0 radical (unpaired) electrons. The summed E-state index contributed by atoms with van der Waals surface area (Å²) >= 11 is 0. The third-order valence-electron chi connectivity index (χ3n) is 3.62. The van der Waals surface area contributed by atoms with Gasteiger partial charge in [-0.2, -0.15) is 0 Å². The van der Waals surface area contributed by atoms with Gasteiger partial charge in [0.2, 0.25) is 0 Å². The van der Waals surface area contributed by atoms with Gasteiger partial charge in [0.1, 0.15) is 11.2 Å². The fourth-order valence-electron chi connectivity index (χ4n) is 2.68. The number of methoxy groups -OCH3 is 1. The molecule has 1 saturated heterocycles. The van der Waals surface area contributed by atoms with Gasteiger partial charge in [0.25, 0.3) is 0 Å². The van der Waals surface area contributed by atoms with Crippen LogP contribution >= 0.6 is 0 Å². The van der Waals surface area contributed by atoms with Gasteiger partial charge in [0, 0.05) is 5.56 Å².